The summed E-state index contributed by atoms with van der Waals surface area (Å²) in [5.41, 5.74) is 1.19. The average Bonchev–Trinajstić information content (AvgIpc) is 3.00. The maximum atomic E-state index is 11.1. The monoisotopic (exact) mass is 280 g/mol. The second-order valence-electron chi connectivity index (χ2n) is 6.13. The molecule has 104 valence electrons. The number of rotatable bonds is 4. The molecule has 0 amide bonds. The first-order chi connectivity index (χ1) is 9.07. The van der Waals surface area contributed by atoms with Crippen molar-refractivity contribution in [2.75, 3.05) is 11.9 Å². The fourth-order valence-corrected chi connectivity index (χ4v) is 4.27. The number of fused-ring (bicyclic) bond motifs is 1. The summed E-state index contributed by atoms with van der Waals surface area (Å²) in [6.07, 6.45) is 6.79. The number of nitrogens with zero attached hydrogens (tertiary/aromatic N) is 1. The summed E-state index contributed by atoms with van der Waals surface area (Å²) in [4.78, 5) is 16.8. The van der Waals surface area contributed by atoms with E-state index in [0.717, 1.165) is 28.7 Å². The van der Waals surface area contributed by atoms with Crippen LogP contribution in [-0.2, 0) is 11.2 Å². The molecule has 1 aromatic heterocycles. The van der Waals surface area contributed by atoms with Crippen LogP contribution < -0.4 is 5.32 Å². The van der Waals surface area contributed by atoms with Gasteiger partial charge in [-0.3, -0.25) is 4.79 Å². The summed E-state index contributed by atoms with van der Waals surface area (Å²) < 4.78 is 0. The Balaban J connectivity index is 1.67. The molecule has 19 heavy (non-hydrogen) atoms. The van der Waals surface area contributed by atoms with Crippen LogP contribution in [0.25, 0.3) is 0 Å². The van der Waals surface area contributed by atoms with Gasteiger partial charge in [0.2, 0.25) is 0 Å². The molecule has 0 radical (unpaired) electrons. The number of hydrogen-bond acceptors (Lipinski definition) is 4. The topological polar surface area (TPSA) is 62.2 Å². The molecule has 1 atom stereocenters. The number of carboxylic acid groups (broad SMARTS) is 1. The molecule has 0 saturated heterocycles. The average molecular weight is 280 g/mol. The summed E-state index contributed by atoms with van der Waals surface area (Å²) in [5.74, 6) is -1.12. The van der Waals surface area contributed by atoms with Gasteiger partial charge < -0.3 is 10.4 Å². The summed E-state index contributed by atoms with van der Waals surface area (Å²) in [5, 5.41) is 13.5. The molecule has 0 aliphatic heterocycles. The Morgan fingerprint density at radius 2 is 2.26 bits per heavy atom. The smallest absolute Gasteiger partial charge is 0.312 e. The minimum atomic E-state index is -0.738. The third-order valence-electron chi connectivity index (χ3n) is 4.49. The molecule has 4 nitrogen and oxygen atoms in total. The largest absolute Gasteiger partial charge is 0.481 e. The molecule has 0 aromatic carbocycles. The zero-order chi connectivity index (χ0) is 13.5. The van der Waals surface area contributed by atoms with Crippen molar-refractivity contribution in [3.63, 3.8) is 0 Å². The predicted molar refractivity (Wildman–Crippen MR) is 75.9 cm³/mol. The number of aryl methyl sites for hydroxylation is 1. The van der Waals surface area contributed by atoms with Gasteiger partial charge in [-0.1, -0.05) is 19.8 Å². The molecule has 2 aliphatic rings. The van der Waals surface area contributed by atoms with E-state index >= 15 is 0 Å². The van der Waals surface area contributed by atoms with Gasteiger partial charge in [0.05, 0.1) is 5.69 Å². The maximum absolute atomic E-state index is 11.1. The SMILES string of the molecule is CC1(CNc2nc3c(s2)CCC3C(=O)O)CCCC1. The van der Waals surface area contributed by atoms with E-state index in [9.17, 15) is 4.79 Å². The Hall–Kier alpha value is -1.10. The molecule has 1 heterocycles. The summed E-state index contributed by atoms with van der Waals surface area (Å²) in [6, 6.07) is 0. The highest BCUT2D eigenvalue weighted by Crippen LogP contribution is 2.40. The van der Waals surface area contributed by atoms with Gasteiger partial charge in [-0.2, -0.15) is 0 Å². The van der Waals surface area contributed by atoms with Crippen molar-refractivity contribution in [2.24, 2.45) is 5.41 Å². The maximum Gasteiger partial charge on any atom is 0.312 e. The zero-order valence-corrected chi connectivity index (χ0v) is 12.1. The van der Waals surface area contributed by atoms with Crippen molar-refractivity contribution in [3.05, 3.63) is 10.6 Å². The molecular formula is C14H20N2O2S. The number of hydrogen-bond donors (Lipinski definition) is 2. The normalized spacial score (nSPS) is 24.4. The molecule has 2 N–H and O–H groups in total. The molecule has 0 bridgehead atoms. The number of carbonyl (C=O) groups is 1. The summed E-state index contributed by atoms with van der Waals surface area (Å²) in [6.45, 7) is 3.28. The predicted octanol–water partition coefficient (Wildman–Crippen LogP) is 3.25. The summed E-state index contributed by atoms with van der Waals surface area (Å²) >= 11 is 1.64. The van der Waals surface area contributed by atoms with Gasteiger partial charge >= 0.3 is 5.97 Å². The minimum Gasteiger partial charge on any atom is -0.481 e. The fraction of sp³-hybridized carbons (Fsp3) is 0.714. The standard InChI is InChI=1S/C14H20N2O2S/c1-14(6-2-3-7-14)8-15-13-16-11-9(12(17)18)4-5-10(11)19-13/h9H,2-8H2,1H3,(H,15,16)(H,17,18). The highest BCUT2D eigenvalue weighted by Gasteiger charge is 2.33. The number of aromatic nitrogens is 1. The van der Waals surface area contributed by atoms with E-state index in [4.69, 9.17) is 5.11 Å². The molecule has 2 aliphatic carbocycles. The van der Waals surface area contributed by atoms with Crippen LogP contribution in [0.15, 0.2) is 0 Å². The second-order valence-corrected chi connectivity index (χ2v) is 7.21. The van der Waals surface area contributed by atoms with Crippen LogP contribution in [0, 0.1) is 5.41 Å². The minimum absolute atomic E-state index is 0.385. The quantitative estimate of drug-likeness (QED) is 0.888. The molecule has 0 spiro atoms. The second kappa shape index (κ2) is 4.78. The number of aliphatic carboxylic acids is 1. The zero-order valence-electron chi connectivity index (χ0n) is 11.2. The van der Waals surface area contributed by atoms with Crippen molar-refractivity contribution in [3.8, 4) is 0 Å². The molecule has 1 fully saturated rings. The molecule has 1 unspecified atom stereocenters. The van der Waals surface area contributed by atoms with Crippen molar-refractivity contribution in [1.29, 1.82) is 0 Å². The van der Waals surface area contributed by atoms with Gasteiger partial charge in [-0.05, 0) is 31.1 Å². The third kappa shape index (κ3) is 2.48. The molecular weight excluding hydrogens is 260 g/mol. The van der Waals surface area contributed by atoms with Crippen LogP contribution in [0.2, 0.25) is 0 Å². The first-order valence-electron chi connectivity index (χ1n) is 7.04. The van der Waals surface area contributed by atoms with Crippen LogP contribution in [0.3, 0.4) is 0 Å². The Labute approximate surface area is 117 Å². The van der Waals surface area contributed by atoms with Gasteiger partial charge in [0.25, 0.3) is 0 Å². The third-order valence-corrected chi connectivity index (χ3v) is 5.58. The fourth-order valence-electron chi connectivity index (χ4n) is 3.24. The Bertz CT molecular complexity index is 492. The van der Waals surface area contributed by atoms with E-state index in [1.54, 1.807) is 11.3 Å². The molecule has 3 rings (SSSR count). The van der Waals surface area contributed by atoms with Crippen molar-refractivity contribution >= 4 is 22.4 Å². The van der Waals surface area contributed by atoms with Crippen molar-refractivity contribution in [2.45, 2.75) is 51.4 Å². The lowest BCUT2D eigenvalue weighted by Gasteiger charge is -2.23. The van der Waals surface area contributed by atoms with E-state index in [0.29, 0.717) is 11.8 Å². The van der Waals surface area contributed by atoms with Crippen LogP contribution in [0.4, 0.5) is 5.13 Å². The Kier molecular flexibility index (Phi) is 3.25. The highest BCUT2D eigenvalue weighted by molar-refractivity contribution is 7.15. The van der Waals surface area contributed by atoms with Crippen molar-refractivity contribution in [1.82, 2.24) is 4.98 Å². The Morgan fingerprint density at radius 3 is 2.95 bits per heavy atom. The number of thiazole rings is 1. The first-order valence-corrected chi connectivity index (χ1v) is 7.85. The van der Waals surface area contributed by atoms with Crippen LogP contribution in [0.1, 0.15) is 55.5 Å². The van der Waals surface area contributed by atoms with Gasteiger partial charge in [0.1, 0.15) is 5.92 Å². The van der Waals surface area contributed by atoms with E-state index in [2.05, 4.69) is 17.2 Å². The van der Waals surface area contributed by atoms with E-state index in [1.165, 1.54) is 25.7 Å². The molecule has 1 aromatic rings. The number of carboxylic acids is 1. The van der Waals surface area contributed by atoms with Gasteiger partial charge in [-0.25, -0.2) is 4.98 Å². The van der Waals surface area contributed by atoms with Crippen LogP contribution >= 0.6 is 11.3 Å². The van der Waals surface area contributed by atoms with E-state index in [1.807, 2.05) is 0 Å². The molecule has 5 heteroatoms. The van der Waals surface area contributed by atoms with E-state index < -0.39 is 5.97 Å². The Morgan fingerprint density at radius 1 is 1.53 bits per heavy atom. The van der Waals surface area contributed by atoms with Crippen molar-refractivity contribution < 1.29 is 9.90 Å². The lowest BCUT2D eigenvalue weighted by molar-refractivity contribution is -0.138. The number of anilines is 1. The van der Waals surface area contributed by atoms with Crippen LogP contribution in [-0.4, -0.2) is 22.6 Å². The first kappa shape index (κ1) is 12.9. The lowest BCUT2D eigenvalue weighted by atomic mass is 9.89. The lowest BCUT2D eigenvalue weighted by Crippen LogP contribution is -2.22. The van der Waals surface area contributed by atoms with Gasteiger partial charge in [0, 0.05) is 11.4 Å². The van der Waals surface area contributed by atoms with Gasteiger partial charge in [0.15, 0.2) is 5.13 Å². The highest BCUT2D eigenvalue weighted by atomic mass is 32.1. The number of nitrogens with one attached hydrogen (secondary N) is 1. The van der Waals surface area contributed by atoms with E-state index in [-0.39, 0.29) is 5.92 Å². The van der Waals surface area contributed by atoms with Gasteiger partial charge in [-0.15, -0.1) is 11.3 Å². The summed E-state index contributed by atoms with van der Waals surface area (Å²) in [7, 11) is 0. The molecule has 1 saturated carbocycles. The van der Waals surface area contributed by atoms with Crippen LogP contribution in [0.5, 0.6) is 0 Å².